The number of rotatable bonds is 4. The molecule has 0 saturated carbocycles. The van der Waals surface area contributed by atoms with Crippen molar-refractivity contribution in [2.75, 3.05) is 6.54 Å². The highest BCUT2D eigenvalue weighted by Gasteiger charge is 2.35. The van der Waals surface area contributed by atoms with Gasteiger partial charge in [0, 0.05) is 25.3 Å². The Morgan fingerprint density at radius 1 is 1.23 bits per heavy atom. The van der Waals surface area contributed by atoms with Crippen LogP contribution in [-0.4, -0.2) is 40.8 Å². The summed E-state index contributed by atoms with van der Waals surface area (Å²) in [6.45, 7) is 8.28. The number of amides is 1. The number of nitrogens with zero attached hydrogens (tertiary/aromatic N) is 3. The van der Waals surface area contributed by atoms with Crippen molar-refractivity contribution < 1.29 is 13.2 Å². The minimum atomic E-state index is -3.62. The fourth-order valence-corrected chi connectivity index (χ4v) is 4.67. The Morgan fingerprint density at radius 3 is 2.50 bits per heavy atom. The van der Waals surface area contributed by atoms with Crippen molar-refractivity contribution >= 4 is 15.9 Å². The second-order valence-corrected chi connectivity index (χ2v) is 8.80. The molecule has 7 nitrogen and oxygen atoms in total. The van der Waals surface area contributed by atoms with E-state index in [9.17, 15) is 13.2 Å². The first-order chi connectivity index (χ1) is 12.2. The number of aryl methyl sites for hydroxylation is 1. The first kappa shape index (κ1) is 18.6. The minimum Gasteiger partial charge on any atom is -0.348 e. The summed E-state index contributed by atoms with van der Waals surface area (Å²) in [6, 6.07) is 6.39. The third kappa shape index (κ3) is 3.39. The van der Waals surface area contributed by atoms with Crippen molar-refractivity contribution in [3.05, 3.63) is 47.5 Å². The van der Waals surface area contributed by atoms with Gasteiger partial charge in [-0.25, -0.2) is 13.4 Å². The average Bonchev–Trinajstić information content (AvgIpc) is 3.00. The van der Waals surface area contributed by atoms with E-state index in [0.29, 0.717) is 24.6 Å². The van der Waals surface area contributed by atoms with Crippen LogP contribution in [0.5, 0.6) is 0 Å². The van der Waals surface area contributed by atoms with Crippen LogP contribution in [-0.2, 0) is 16.6 Å². The summed E-state index contributed by atoms with van der Waals surface area (Å²) in [5, 5.41) is 2.81. The van der Waals surface area contributed by atoms with Crippen molar-refractivity contribution in [2.24, 2.45) is 0 Å². The predicted octanol–water partition coefficient (Wildman–Crippen LogP) is 2.10. The Hall–Kier alpha value is -2.19. The van der Waals surface area contributed by atoms with E-state index >= 15 is 0 Å². The van der Waals surface area contributed by atoms with Gasteiger partial charge in [-0.3, -0.25) is 4.79 Å². The fourth-order valence-electron chi connectivity index (χ4n) is 3.09. The molecule has 1 atom stereocenters. The lowest BCUT2D eigenvalue weighted by molar-refractivity contribution is 0.0938. The zero-order chi connectivity index (χ0) is 19.1. The molecule has 0 fully saturated rings. The molecule has 0 saturated heterocycles. The SMILES string of the molecule is Cc1ccc(S(=O)(=O)N2CCn3cc(C(=O)NC(C)C)nc3C2C)cc1. The Kier molecular flexibility index (Phi) is 4.90. The molecule has 2 heterocycles. The number of imidazole rings is 1. The van der Waals surface area contributed by atoms with Crippen LogP contribution < -0.4 is 5.32 Å². The summed E-state index contributed by atoms with van der Waals surface area (Å²) in [4.78, 5) is 16.9. The van der Waals surface area contributed by atoms with Crippen molar-refractivity contribution in [3.8, 4) is 0 Å². The number of sulfonamides is 1. The zero-order valence-electron chi connectivity index (χ0n) is 15.4. The van der Waals surface area contributed by atoms with Crippen LogP contribution in [0.3, 0.4) is 0 Å². The number of benzene rings is 1. The lowest BCUT2D eigenvalue weighted by Crippen LogP contribution is -2.41. The van der Waals surface area contributed by atoms with Crippen LogP contribution in [0, 0.1) is 6.92 Å². The van der Waals surface area contributed by atoms with E-state index < -0.39 is 16.1 Å². The van der Waals surface area contributed by atoms with Crippen molar-refractivity contribution in [3.63, 3.8) is 0 Å². The Balaban J connectivity index is 1.90. The van der Waals surface area contributed by atoms with E-state index in [1.165, 1.54) is 4.31 Å². The van der Waals surface area contributed by atoms with Crippen LogP contribution in [0.25, 0.3) is 0 Å². The molecule has 1 aromatic carbocycles. The Bertz CT molecular complexity index is 916. The summed E-state index contributed by atoms with van der Waals surface area (Å²) < 4.78 is 29.3. The summed E-state index contributed by atoms with van der Waals surface area (Å²) >= 11 is 0. The van der Waals surface area contributed by atoms with Crippen molar-refractivity contribution in [1.82, 2.24) is 19.2 Å². The lowest BCUT2D eigenvalue weighted by atomic mass is 10.2. The van der Waals surface area contributed by atoms with E-state index in [1.54, 1.807) is 37.4 Å². The molecule has 8 heteroatoms. The van der Waals surface area contributed by atoms with Gasteiger partial charge in [-0.05, 0) is 39.8 Å². The summed E-state index contributed by atoms with van der Waals surface area (Å²) in [6.07, 6.45) is 1.69. The maximum absolute atomic E-state index is 13.0. The molecular weight excluding hydrogens is 352 g/mol. The van der Waals surface area contributed by atoms with E-state index in [1.807, 2.05) is 25.3 Å². The molecule has 140 valence electrons. The molecule has 0 spiro atoms. The Labute approximate surface area is 154 Å². The molecule has 0 aliphatic carbocycles. The van der Waals surface area contributed by atoms with Gasteiger partial charge in [0.2, 0.25) is 10.0 Å². The van der Waals surface area contributed by atoms with E-state index in [0.717, 1.165) is 5.56 Å². The molecule has 1 N–H and O–H groups in total. The molecule has 0 radical (unpaired) electrons. The van der Waals surface area contributed by atoms with Gasteiger partial charge in [0.1, 0.15) is 11.5 Å². The number of carbonyl (C=O) groups is 1. The molecule has 2 aromatic rings. The van der Waals surface area contributed by atoms with Gasteiger partial charge in [-0.1, -0.05) is 17.7 Å². The molecule has 3 rings (SSSR count). The second kappa shape index (κ2) is 6.85. The van der Waals surface area contributed by atoms with Gasteiger partial charge in [-0.2, -0.15) is 4.31 Å². The van der Waals surface area contributed by atoms with E-state index in [4.69, 9.17) is 0 Å². The van der Waals surface area contributed by atoms with Crippen molar-refractivity contribution in [1.29, 1.82) is 0 Å². The van der Waals surface area contributed by atoms with Crippen molar-refractivity contribution in [2.45, 2.75) is 51.2 Å². The maximum atomic E-state index is 13.0. The van der Waals surface area contributed by atoms with Gasteiger partial charge >= 0.3 is 0 Å². The maximum Gasteiger partial charge on any atom is 0.271 e. The third-order valence-electron chi connectivity index (χ3n) is 4.45. The number of hydrogen-bond donors (Lipinski definition) is 1. The number of aromatic nitrogens is 2. The van der Waals surface area contributed by atoms with Crippen LogP contribution in [0.2, 0.25) is 0 Å². The topological polar surface area (TPSA) is 84.3 Å². The molecule has 1 unspecified atom stereocenters. The first-order valence-corrected chi connectivity index (χ1v) is 10.1. The van der Waals surface area contributed by atoms with Gasteiger partial charge in [0.05, 0.1) is 10.9 Å². The smallest absolute Gasteiger partial charge is 0.271 e. The van der Waals surface area contributed by atoms with Crippen LogP contribution in [0.15, 0.2) is 35.4 Å². The predicted molar refractivity (Wildman–Crippen MR) is 98.3 cm³/mol. The molecule has 1 aliphatic heterocycles. The number of nitrogens with one attached hydrogen (secondary N) is 1. The van der Waals surface area contributed by atoms with Crippen LogP contribution in [0.4, 0.5) is 0 Å². The standard InChI is InChI=1S/C18H24N4O3S/c1-12(2)19-18(23)16-11-21-9-10-22(14(4)17(21)20-16)26(24,25)15-7-5-13(3)6-8-15/h5-8,11-12,14H,9-10H2,1-4H3,(H,19,23). The highest BCUT2D eigenvalue weighted by molar-refractivity contribution is 7.89. The van der Waals surface area contributed by atoms with Gasteiger partial charge in [0.15, 0.2) is 0 Å². The minimum absolute atomic E-state index is 0.0112. The second-order valence-electron chi connectivity index (χ2n) is 6.91. The molecular formula is C18H24N4O3S. The monoisotopic (exact) mass is 376 g/mol. The van der Waals surface area contributed by atoms with Crippen LogP contribution in [0.1, 0.15) is 48.7 Å². The van der Waals surface area contributed by atoms with Gasteiger partial charge in [-0.15, -0.1) is 0 Å². The summed E-state index contributed by atoms with van der Waals surface area (Å²) in [5.74, 6) is 0.336. The molecule has 1 amide bonds. The fraction of sp³-hybridized carbons (Fsp3) is 0.444. The lowest BCUT2D eigenvalue weighted by Gasteiger charge is -2.32. The molecule has 1 aromatic heterocycles. The highest BCUT2D eigenvalue weighted by Crippen LogP contribution is 2.30. The molecule has 26 heavy (non-hydrogen) atoms. The summed E-state index contributed by atoms with van der Waals surface area (Å²) in [7, 11) is -3.62. The van der Waals surface area contributed by atoms with E-state index in [2.05, 4.69) is 10.3 Å². The number of hydrogen-bond acceptors (Lipinski definition) is 4. The summed E-state index contributed by atoms with van der Waals surface area (Å²) in [5.41, 5.74) is 1.32. The zero-order valence-corrected chi connectivity index (χ0v) is 16.2. The van der Waals surface area contributed by atoms with Gasteiger partial charge < -0.3 is 9.88 Å². The van der Waals surface area contributed by atoms with Gasteiger partial charge in [0.25, 0.3) is 5.91 Å². The highest BCUT2D eigenvalue weighted by atomic mass is 32.2. The third-order valence-corrected chi connectivity index (χ3v) is 6.44. The molecule has 0 bridgehead atoms. The quantitative estimate of drug-likeness (QED) is 0.886. The van der Waals surface area contributed by atoms with E-state index in [-0.39, 0.29) is 16.8 Å². The van der Waals surface area contributed by atoms with Crippen LogP contribution >= 0.6 is 0 Å². The average molecular weight is 376 g/mol. The number of fused-ring (bicyclic) bond motifs is 1. The Morgan fingerprint density at radius 2 is 1.88 bits per heavy atom. The number of carbonyl (C=O) groups excluding carboxylic acids is 1. The molecule has 1 aliphatic rings. The largest absolute Gasteiger partial charge is 0.348 e. The first-order valence-electron chi connectivity index (χ1n) is 8.66. The normalized spacial score (nSPS) is 18.0.